The van der Waals surface area contributed by atoms with Crippen LogP contribution in [0.5, 0.6) is 0 Å². The molecule has 0 aliphatic heterocycles. The zero-order chi connectivity index (χ0) is 15.1. The summed E-state index contributed by atoms with van der Waals surface area (Å²) in [7, 11) is 3.55. The van der Waals surface area contributed by atoms with Gasteiger partial charge < -0.3 is 20.1 Å². The van der Waals surface area contributed by atoms with Crippen molar-refractivity contribution in [2.24, 2.45) is 10.9 Å². The Morgan fingerprint density at radius 2 is 1.70 bits per heavy atom. The number of ether oxygens (including phenoxy) is 2. The van der Waals surface area contributed by atoms with Crippen LogP contribution in [0, 0.1) is 5.92 Å². The highest BCUT2D eigenvalue weighted by Crippen LogP contribution is 1.94. The van der Waals surface area contributed by atoms with Crippen molar-refractivity contribution < 1.29 is 9.47 Å². The molecule has 0 aromatic heterocycles. The van der Waals surface area contributed by atoms with Crippen molar-refractivity contribution in [3.63, 3.8) is 0 Å². The summed E-state index contributed by atoms with van der Waals surface area (Å²) in [6.07, 6.45) is 4.45. The number of hydrogen-bond acceptors (Lipinski definition) is 3. The third-order valence-corrected chi connectivity index (χ3v) is 2.75. The van der Waals surface area contributed by atoms with Gasteiger partial charge in [-0.15, -0.1) is 0 Å². The summed E-state index contributed by atoms with van der Waals surface area (Å²) in [6.45, 7) is 8.67. The molecule has 120 valence electrons. The molecule has 0 bridgehead atoms. The van der Waals surface area contributed by atoms with Crippen LogP contribution in [0.15, 0.2) is 4.99 Å². The van der Waals surface area contributed by atoms with Gasteiger partial charge in [0.2, 0.25) is 0 Å². The molecule has 0 radical (unpaired) electrons. The number of guanidine groups is 1. The van der Waals surface area contributed by atoms with Crippen molar-refractivity contribution in [1.29, 1.82) is 0 Å². The fourth-order valence-corrected chi connectivity index (χ4v) is 1.68. The van der Waals surface area contributed by atoms with Gasteiger partial charge in [0.05, 0.1) is 0 Å². The third kappa shape index (κ3) is 13.6. The Hall–Kier alpha value is -0.810. The molecule has 20 heavy (non-hydrogen) atoms. The quantitative estimate of drug-likeness (QED) is 0.328. The molecule has 0 atom stereocenters. The maximum atomic E-state index is 5.53. The number of nitrogens with one attached hydrogen (secondary N) is 2. The Bertz CT molecular complexity index is 233. The lowest BCUT2D eigenvalue weighted by Crippen LogP contribution is -2.38. The molecule has 0 unspecified atom stereocenters. The molecule has 0 fully saturated rings. The van der Waals surface area contributed by atoms with E-state index in [2.05, 4.69) is 29.5 Å². The molecule has 0 aromatic rings. The minimum atomic E-state index is 0.607. The first-order valence-corrected chi connectivity index (χ1v) is 7.72. The Balaban J connectivity index is 3.39. The molecule has 0 aliphatic carbocycles. The summed E-state index contributed by atoms with van der Waals surface area (Å²) >= 11 is 0. The first-order chi connectivity index (χ1) is 9.70. The normalized spacial score (nSPS) is 11.9. The van der Waals surface area contributed by atoms with Gasteiger partial charge in [-0.3, -0.25) is 4.99 Å². The molecule has 0 aromatic carbocycles. The number of hydrogen-bond donors (Lipinski definition) is 2. The molecule has 5 heteroatoms. The second-order valence-electron chi connectivity index (χ2n) is 5.30. The first-order valence-electron chi connectivity index (χ1n) is 7.72. The number of nitrogens with zero attached hydrogens (tertiary/aromatic N) is 1. The van der Waals surface area contributed by atoms with Crippen LogP contribution in [0.2, 0.25) is 0 Å². The van der Waals surface area contributed by atoms with Gasteiger partial charge >= 0.3 is 0 Å². The highest BCUT2D eigenvalue weighted by atomic mass is 16.5. The summed E-state index contributed by atoms with van der Waals surface area (Å²) in [5, 5.41) is 6.61. The van der Waals surface area contributed by atoms with E-state index in [1.807, 2.05) is 0 Å². The Morgan fingerprint density at radius 3 is 2.30 bits per heavy atom. The minimum absolute atomic E-state index is 0.607. The van der Waals surface area contributed by atoms with Crippen LogP contribution in [-0.2, 0) is 9.47 Å². The predicted molar refractivity (Wildman–Crippen MR) is 85.4 cm³/mol. The summed E-state index contributed by atoms with van der Waals surface area (Å²) in [5.41, 5.74) is 0. The monoisotopic (exact) mass is 287 g/mol. The standard InChI is InChI=1S/C15H33N3O2/c1-14(2)13-20-12-8-10-18-15(16-3)17-9-6-5-7-11-19-4/h14H,5-13H2,1-4H3,(H2,16,17,18). The Kier molecular flexibility index (Phi) is 14.0. The van der Waals surface area contributed by atoms with Gasteiger partial charge in [0.1, 0.15) is 0 Å². The van der Waals surface area contributed by atoms with E-state index in [9.17, 15) is 0 Å². The second-order valence-corrected chi connectivity index (χ2v) is 5.30. The van der Waals surface area contributed by atoms with E-state index in [4.69, 9.17) is 9.47 Å². The van der Waals surface area contributed by atoms with Gasteiger partial charge in [-0.25, -0.2) is 0 Å². The molecule has 0 rings (SSSR count). The molecule has 2 N–H and O–H groups in total. The van der Waals surface area contributed by atoms with Crippen molar-refractivity contribution in [3.8, 4) is 0 Å². The summed E-state index contributed by atoms with van der Waals surface area (Å²) in [6, 6.07) is 0. The molecule has 0 aliphatic rings. The van der Waals surface area contributed by atoms with Crippen LogP contribution in [0.25, 0.3) is 0 Å². The molecular weight excluding hydrogens is 254 g/mol. The van der Waals surface area contributed by atoms with E-state index in [0.29, 0.717) is 5.92 Å². The summed E-state index contributed by atoms with van der Waals surface area (Å²) < 4.78 is 10.6. The fraction of sp³-hybridized carbons (Fsp3) is 0.933. The SMILES string of the molecule is CN=C(NCCCCCOC)NCCCOCC(C)C. The van der Waals surface area contributed by atoms with Crippen LogP contribution >= 0.6 is 0 Å². The number of unbranched alkanes of at least 4 members (excludes halogenated alkanes) is 2. The minimum Gasteiger partial charge on any atom is -0.385 e. The zero-order valence-corrected chi connectivity index (χ0v) is 13.7. The van der Waals surface area contributed by atoms with Crippen LogP contribution in [0.1, 0.15) is 39.5 Å². The van der Waals surface area contributed by atoms with Crippen LogP contribution in [-0.4, -0.2) is 53.0 Å². The van der Waals surface area contributed by atoms with Gasteiger partial charge in [-0.2, -0.15) is 0 Å². The van der Waals surface area contributed by atoms with Crippen molar-refractivity contribution in [2.75, 3.05) is 47.1 Å². The van der Waals surface area contributed by atoms with E-state index in [0.717, 1.165) is 58.1 Å². The highest BCUT2D eigenvalue weighted by Gasteiger charge is 1.97. The number of aliphatic imine (C=N–C) groups is 1. The summed E-state index contributed by atoms with van der Waals surface area (Å²) in [5.74, 6) is 1.48. The van der Waals surface area contributed by atoms with Gasteiger partial charge in [-0.05, 0) is 31.6 Å². The highest BCUT2D eigenvalue weighted by molar-refractivity contribution is 5.79. The van der Waals surface area contributed by atoms with Crippen LogP contribution < -0.4 is 10.6 Å². The lowest BCUT2D eigenvalue weighted by molar-refractivity contribution is 0.108. The van der Waals surface area contributed by atoms with E-state index >= 15 is 0 Å². The average molecular weight is 287 g/mol. The Labute approximate surface area is 124 Å². The number of rotatable bonds is 12. The maximum Gasteiger partial charge on any atom is 0.190 e. The zero-order valence-electron chi connectivity index (χ0n) is 13.7. The van der Waals surface area contributed by atoms with E-state index in [1.165, 1.54) is 6.42 Å². The molecule has 0 heterocycles. The average Bonchev–Trinajstić information content (AvgIpc) is 2.43. The van der Waals surface area contributed by atoms with Gasteiger partial charge in [-0.1, -0.05) is 13.8 Å². The first kappa shape index (κ1) is 19.2. The van der Waals surface area contributed by atoms with Crippen molar-refractivity contribution in [3.05, 3.63) is 0 Å². The van der Waals surface area contributed by atoms with Crippen LogP contribution in [0.4, 0.5) is 0 Å². The maximum absolute atomic E-state index is 5.53. The Morgan fingerprint density at radius 1 is 1.00 bits per heavy atom. The molecule has 0 saturated heterocycles. The lowest BCUT2D eigenvalue weighted by Gasteiger charge is -2.12. The molecule has 5 nitrogen and oxygen atoms in total. The van der Waals surface area contributed by atoms with Gasteiger partial charge in [0, 0.05) is 47.1 Å². The van der Waals surface area contributed by atoms with E-state index < -0.39 is 0 Å². The summed E-state index contributed by atoms with van der Waals surface area (Å²) in [4.78, 5) is 4.20. The molecular formula is C15H33N3O2. The van der Waals surface area contributed by atoms with E-state index in [-0.39, 0.29) is 0 Å². The van der Waals surface area contributed by atoms with Gasteiger partial charge in [0.15, 0.2) is 5.96 Å². The largest absolute Gasteiger partial charge is 0.385 e. The predicted octanol–water partition coefficient (Wildman–Crippen LogP) is 2.03. The molecule has 0 amide bonds. The van der Waals surface area contributed by atoms with Crippen LogP contribution in [0.3, 0.4) is 0 Å². The number of methoxy groups -OCH3 is 1. The third-order valence-electron chi connectivity index (χ3n) is 2.75. The van der Waals surface area contributed by atoms with Crippen molar-refractivity contribution in [2.45, 2.75) is 39.5 Å². The second kappa shape index (κ2) is 14.6. The molecule has 0 saturated carbocycles. The van der Waals surface area contributed by atoms with E-state index in [1.54, 1.807) is 14.2 Å². The topological polar surface area (TPSA) is 54.9 Å². The molecule has 0 spiro atoms. The van der Waals surface area contributed by atoms with Crippen molar-refractivity contribution in [1.82, 2.24) is 10.6 Å². The lowest BCUT2D eigenvalue weighted by atomic mass is 10.2. The van der Waals surface area contributed by atoms with Crippen molar-refractivity contribution >= 4 is 5.96 Å². The smallest absolute Gasteiger partial charge is 0.190 e. The fourth-order valence-electron chi connectivity index (χ4n) is 1.68. The van der Waals surface area contributed by atoms with Gasteiger partial charge in [0.25, 0.3) is 0 Å².